The van der Waals surface area contributed by atoms with Crippen LogP contribution in [0.15, 0.2) is 29.9 Å². The first kappa shape index (κ1) is 9.81. The van der Waals surface area contributed by atoms with Gasteiger partial charge in [-0.25, -0.2) is 4.98 Å². The third kappa shape index (κ3) is 1.50. The van der Waals surface area contributed by atoms with E-state index in [1.54, 1.807) is 17.5 Å². The zero-order valence-corrected chi connectivity index (χ0v) is 10.1. The summed E-state index contributed by atoms with van der Waals surface area (Å²) < 4.78 is 2.07. The second kappa shape index (κ2) is 3.57. The van der Waals surface area contributed by atoms with E-state index in [0.717, 1.165) is 16.3 Å². The summed E-state index contributed by atoms with van der Waals surface area (Å²) in [6.07, 6.45) is 3.63. The van der Waals surface area contributed by atoms with Gasteiger partial charge in [0, 0.05) is 23.5 Å². The van der Waals surface area contributed by atoms with Crippen LogP contribution in [-0.4, -0.2) is 14.4 Å². The van der Waals surface area contributed by atoms with Crippen LogP contribution in [-0.2, 0) is 0 Å². The molecule has 0 saturated carbocycles. The predicted molar refractivity (Wildman–Crippen MR) is 66.0 cm³/mol. The Morgan fingerprint density at radius 3 is 2.88 bits per heavy atom. The van der Waals surface area contributed by atoms with Crippen LogP contribution < -0.4 is 0 Å². The lowest BCUT2D eigenvalue weighted by Crippen LogP contribution is -1.82. The Morgan fingerprint density at radius 2 is 2.19 bits per heavy atom. The van der Waals surface area contributed by atoms with E-state index in [1.165, 1.54) is 5.69 Å². The van der Waals surface area contributed by atoms with E-state index in [0.29, 0.717) is 5.02 Å². The van der Waals surface area contributed by atoms with Crippen LogP contribution in [0, 0.1) is 6.92 Å². The normalized spacial score (nSPS) is 11.1. The van der Waals surface area contributed by atoms with Gasteiger partial charge in [-0.1, -0.05) is 11.6 Å². The molecule has 0 fully saturated rings. The van der Waals surface area contributed by atoms with E-state index < -0.39 is 0 Å². The second-order valence-electron chi connectivity index (χ2n) is 3.52. The molecule has 0 amide bonds. The molecule has 0 aromatic carbocycles. The van der Waals surface area contributed by atoms with Crippen LogP contribution >= 0.6 is 22.9 Å². The fourth-order valence-electron chi connectivity index (χ4n) is 1.54. The Kier molecular flexibility index (Phi) is 2.19. The molecule has 80 valence electrons. The maximum Gasteiger partial charge on any atom is 0.194 e. The number of fused-ring (bicyclic) bond motifs is 1. The van der Waals surface area contributed by atoms with E-state index in [1.807, 2.05) is 18.3 Å². The quantitative estimate of drug-likeness (QED) is 0.662. The molecule has 3 rings (SSSR count). The predicted octanol–water partition coefficient (Wildman–Crippen LogP) is 3.42. The van der Waals surface area contributed by atoms with E-state index in [-0.39, 0.29) is 0 Å². The van der Waals surface area contributed by atoms with Crippen LogP contribution in [0.1, 0.15) is 5.69 Å². The van der Waals surface area contributed by atoms with E-state index >= 15 is 0 Å². The Bertz CT molecular complexity index is 639. The molecule has 3 aromatic rings. The molecule has 0 aliphatic carbocycles. The van der Waals surface area contributed by atoms with Crippen molar-refractivity contribution < 1.29 is 0 Å². The summed E-state index contributed by atoms with van der Waals surface area (Å²) in [5.74, 6) is 0. The second-order valence-corrected chi connectivity index (χ2v) is 4.79. The summed E-state index contributed by atoms with van der Waals surface area (Å²) in [6, 6.07) is 3.70. The highest BCUT2D eigenvalue weighted by molar-refractivity contribution is 7.15. The van der Waals surface area contributed by atoms with Gasteiger partial charge in [0.15, 0.2) is 4.96 Å². The minimum Gasteiger partial charge on any atom is -0.294 e. The van der Waals surface area contributed by atoms with Gasteiger partial charge >= 0.3 is 0 Å². The van der Waals surface area contributed by atoms with E-state index in [2.05, 4.69) is 26.7 Å². The monoisotopic (exact) mass is 249 g/mol. The number of aryl methyl sites for hydroxylation is 1. The molecular formula is C11H8ClN3S. The van der Waals surface area contributed by atoms with Gasteiger partial charge in [-0.2, -0.15) is 0 Å². The van der Waals surface area contributed by atoms with Gasteiger partial charge in [0.1, 0.15) is 5.69 Å². The SMILES string of the molecule is Cc1csc2nc(-c3ccc(Cl)cn3)cn12. The lowest BCUT2D eigenvalue weighted by atomic mass is 10.3. The van der Waals surface area contributed by atoms with Crippen LogP contribution in [0.5, 0.6) is 0 Å². The molecule has 3 heterocycles. The van der Waals surface area contributed by atoms with Gasteiger partial charge in [-0.15, -0.1) is 11.3 Å². The Balaban J connectivity index is 2.15. The van der Waals surface area contributed by atoms with Gasteiger partial charge in [0.25, 0.3) is 0 Å². The van der Waals surface area contributed by atoms with Crippen molar-refractivity contribution in [2.24, 2.45) is 0 Å². The molecule has 16 heavy (non-hydrogen) atoms. The Hall–Kier alpha value is -1.39. The van der Waals surface area contributed by atoms with Crippen molar-refractivity contribution in [1.82, 2.24) is 14.4 Å². The molecular weight excluding hydrogens is 242 g/mol. The Labute approximate surface area is 101 Å². The van der Waals surface area contributed by atoms with Gasteiger partial charge in [-0.3, -0.25) is 9.38 Å². The Morgan fingerprint density at radius 1 is 1.31 bits per heavy atom. The summed E-state index contributed by atoms with van der Waals surface area (Å²) >= 11 is 7.43. The zero-order chi connectivity index (χ0) is 11.1. The number of pyridine rings is 1. The molecule has 0 aliphatic heterocycles. The molecule has 3 aromatic heterocycles. The molecule has 0 radical (unpaired) electrons. The van der Waals surface area contributed by atoms with Crippen LogP contribution in [0.2, 0.25) is 5.02 Å². The number of imidazole rings is 1. The average Bonchev–Trinajstić information content (AvgIpc) is 2.83. The minimum atomic E-state index is 0.640. The standard InChI is InChI=1S/C11H8ClN3S/c1-7-6-16-11-14-10(5-15(7)11)9-3-2-8(12)4-13-9/h2-6H,1H3. The molecule has 0 spiro atoms. The molecule has 0 N–H and O–H groups in total. The van der Waals surface area contributed by atoms with Crippen LogP contribution in [0.3, 0.4) is 0 Å². The van der Waals surface area contributed by atoms with Crippen molar-refractivity contribution in [3.8, 4) is 11.4 Å². The summed E-state index contributed by atoms with van der Waals surface area (Å²) in [4.78, 5) is 9.75. The molecule has 0 saturated heterocycles. The smallest absolute Gasteiger partial charge is 0.194 e. The molecule has 0 bridgehead atoms. The average molecular weight is 250 g/mol. The molecule has 5 heteroatoms. The van der Waals surface area contributed by atoms with Crippen molar-refractivity contribution in [2.45, 2.75) is 6.92 Å². The maximum atomic E-state index is 5.80. The van der Waals surface area contributed by atoms with Crippen molar-refractivity contribution >= 4 is 27.9 Å². The number of hydrogen-bond acceptors (Lipinski definition) is 3. The van der Waals surface area contributed by atoms with Crippen LogP contribution in [0.25, 0.3) is 16.3 Å². The number of aromatic nitrogens is 3. The van der Waals surface area contributed by atoms with Gasteiger partial charge in [0.05, 0.1) is 10.7 Å². The number of nitrogens with zero attached hydrogens (tertiary/aromatic N) is 3. The third-order valence-corrected chi connectivity index (χ3v) is 3.56. The number of hydrogen-bond donors (Lipinski definition) is 0. The van der Waals surface area contributed by atoms with Crippen LogP contribution in [0.4, 0.5) is 0 Å². The highest BCUT2D eigenvalue weighted by atomic mass is 35.5. The zero-order valence-electron chi connectivity index (χ0n) is 8.51. The van der Waals surface area contributed by atoms with Gasteiger partial charge in [-0.05, 0) is 19.1 Å². The fourth-order valence-corrected chi connectivity index (χ4v) is 2.51. The minimum absolute atomic E-state index is 0.640. The topological polar surface area (TPSA) is 30.2 Å². The first-order valence-corrected chi connectivity index (χ1v) is 6.05. The first-order chi connectivity index (χ1) is 7.74. The molecule has 0 unspecified atom stereocenters. The van der Waals surface area contributed by atoms with Gasteiger partial charge < -0.3 is 0 Å². The van der Waals surface area contributed by atoms with Crippen molar-refractivity contribution in [2.75, 3.05) is 0 Å². The highest BCUT2D eigenvalue weighted by Crippen LogP contribution is 2.22. The maximum absolute atomic E-state index is 5.80. The molecule has 0 aliphatic rings. The summed E-state index contributed by atoms with van der Waals surface area (Å²) in [7, 11) is 0. The van der Waals surface area contributed by atoms with Crippen molar-refractivity contribution in [3.63, 3.8) is 0 Å². The third-order valence-electron chi connectivity index (χ3n) is 2.38. The number of rotatable bonds is 1. The lowest BCUT2D eigenvalue weighted by molar-refractivity contribution is 1.13. The molecule has 0 atom stereocenters. The summed E-state index contributed by atoms with van der Waals surface area (Å²) in [5.41, 5.74) is 2.92. The molecule has 3 nitrogen and oxygen atoms in total. The van der Waals surface area contributed by atoms with Crippen molar-refractivity contribution in [1.29, 1.82) is 0 Å². The first-order valence-electron chi connectivity index (χ1n) is 4.79. The van der Waals surface area contributed by atoms with Gasteiger partial charge in [0.2, 0.25) is 0 Å². The lowest BCUT2D eigenvalue weighted by Gasteiger charge is -1.94. The summed E-state index contributed by atoms with van der Waals surface area (Å²) in [5, 5.41) is 2.72. The summed E-state index contributed by atoms with van der Waals surface area (Å²) in [6.45, 7) is 2.06. The number of thiazole rings is 1. The van der Waals surface area contributed by atoms with E-state index in [9.17, 15) is 0 Å². The van der Waals surface area contributed by atoms with E-state index in [4.69, 9.17) is 11.6 Å². The highest BCUT2D eigenvalue weighted by Gasteiger charge is 2.07. The number of halogens is 1. The fraction of sp³-hybridized carbons (Fsp3) is 0.0909. The van der Waals surface area contributed by atoms with Crippen molar-refractivity contribution in [3.05, 3.63) is 40.6 Å². The largest absolute Gasteiger partial charge is 0.294 e.